The highest BCUT2D eigenvalue weighted by Crippen LogP contribution is 2.26. The number of para-hydroxylation sites is 1. The molecule has 39 heavy (non-hydrogen) atoms. The lowest BCUT2D eigenvalue weighted by Crippen LogP contribution is -2.49. The molecule has 0 saturated carbocycles. The number of amides is 1. The molecule has 5 rings (SSSR count). The molecule has 1 amide bonds. The van der Waals surface area contributed by atoms with Gasteiger partial charge in [-0.3, -0.25) is 14.2 Å². The van der Waals surface area contributed by atoms with Gasteiger partial charge in [0.1, 0.15) is 5.82 Å². The maximum absolute atomic E-state index is 13.2. The molecule has 0 bridgehead atoms. The van der Waals surface area contributed by atoms with E-state index in [1.165, 1.54) is 17.4 Å². The van der Waals surface area contributed by atoms with E-state index < -0.39 is 5.60 Å². The fourth-order valence-electron chi connectivity index (χ4n) is 5.62. The summed E-state index contributed by atoms with van der Waals surface area (Å²) in [6.07, 6.45) is 6.08. The summed E-state index contributed by atoms with van der Waals surface area (Å²) in [6.45, 7) is 5.05. The van der Waals surface area contributed by atoms with Crippen LogP contribution in [0, 0.1) is 0 Å². The predicted octanol–water partition coefficient (Wildman–Crippen LogP) is 3.46. The number of anilines is 2. The highest BCUT2D eigenvalue weighted by atomic mass is 16.3. The minimum Gasteiger partial charge on any atom is -0.388 e. The molecule has 0 unspecified atom stereocenters. The second-order valence-electron chi connectivity index (χ2n) is 10.8. The van der Waals surface area contributed by atoms with Gasteiger partial charge in [0.2, 0.25) is 5.91 Å². The number of nitrogens with zero attached hydrogens (tertiary/aromatic N) is 5. The van der Waals surface area contributed by atoms with Crippen molar-refractivity contribution in [3.8, 4) is 0 Å². The number of hydrogen-bond donors (Lipinski definition) is 1. The molecule has 2 aromatic carbocycles. The van der Waals surface area contributed by atoms with Gasteiger partial charge in [-0.15, -0.1) is 0 Å². The van der Waals surface area contributed by atoms with Gasteiger partial charge in [0.05, 0.1) is 18.5 Å². The molecule has 2 saturated heterocycles. The minimum atomic E-state index is -1.04. The van der Waals surface area contributed by atoms with Gasteiger partial charge in [-0.1, -0.05) is 48.5 Å². The van der Waals surface area contributed by atoms with Crippen LogP contribution in [0.3, 0.4) is 0 Å². The lowest BCUT2D eigenvalue weighted by atomic mass is 9.91. The van der Waals surface area contributed by atoms with E-state index in [0.717, 1.165) is 37.4 Å². The van der Waals surface area contributed by atoms with Gasteiger partial charge in [0, 0.05) is 44.4 Å². The second-order valence-corrected chi connectivity index (χ2v) is 10.8. The molecule has 0 aliphatic carbocycles. The first kappa shape index (κ1) is 27.1. The Morgan fingerprint density at radius 3 is 2.28 bits per heavy atom. The monoisotopic (exact) mass is 529 g/mol. The van der Waals surface area contributed by atoms with Crippen molar-refractivity contribution in [2.45, 2.75) is 50.7 Å². The molecule has 3 aromatic rings. The molecule has 3 heterocycles. The summed E-state index contributed by atoms with van der Waals surface area (Å²) in [5.41, 5.74) is 0.927. The van der Waals surface area contributed by atoms with E-state index in [4.69, 9.17) is 0 Å². The van der Waals surface area contributed by atoms with Crippen LogP contribution in [0.2, 0.25) is 0 Å². The highest BCUT2D eigenvalue weighted by Gasteiger charge is 2.34. The Morgan fingerprint density at radius 1 is 0.949 bits per heavy atom. The summed E-state index contributed by atoms with van der Waals surface area (Å²) in [5, 5.41) is 11.3. The van der Waals surface area contributed by atoms with Gasteiger partial charge in [0.25, 0.3) is 5.56 Å². The zero-order valence-electron chi connectivity index (χ0n) is 22.6. The van der Waals surface area contributed by atoms with E-state index in [1.807, 2.05) is 65.6 Å². The number of benzene rings is 2. The summed E-state index contributed by atoms with van der Waals surface area (Å²) in [7, 11) is 0. The number of aliphatic hydroxyl groups is 1. The van der Waals surface area contributed by atoms with Gasteiger partial charge in [0.15, 0.2) is 0 Å². The molecule has 0 radical (unpaired) electrons. The Labute approximate surface area is 230 Å². The highest BCUT2D eigenvalue weighted by molar-refractivity contribution is 5.76. The SMILES string of the molecule is O=C(CCc1ccccc1)N1CCC(O)(Cn2cnc(N(CCN3CCCC3)c3ccccc3)cc2=O)CC1. The third kappa shape index (κ3) is 7.13. The van der Waals surface area contributed by atoms with E-state index in [2.05, 4.69) is 14.8 Å². The molecule has 8 heteroatoms. The van der Waals surface area contributed by atoms with Crippen molar-refractivity contribution in [2.24, 2.45) is 0 Å². The Morgan fingerprint density at radius 2 is 1.62 bits per heavy atom. The van der Waals surface area contributed by atoms with Crippen molar-refractivity contribution < 1.29 is 9.90 Å². The smallest absolute Gasteiger partial charge is 0.255 e. The van der Waals surface area contributed by atoms with Crippen molar-refractivity contribution in [3.05, 3.63) is 89.0 Å². The van der Waals surface area contributed by atoms with E-state index >= 15 is 0 Å². The quantitative estimate of drug-likeness (QED) is 0.433. The molecule has 8 nitrogen and oxygen atoms in total. The van der Waals surface area contributed by atoms with Crippen LogP contribution >= 0.6 is 0 Å². The molecule has 0 atom stereocenters. The molecule has 1 aromatic heterocycles. The molecule has 0 spiro atoms. The maximum Gasteiger partial charge on any atom is 0.255 e. The minimum absolute atomic E-state index is 0.110. The van der Waals surface area contributed by atoms with Crippen LogP contribution in [0.5, 0.6) is 0 Å². The van der Waals surface area contributed by atoms with Crippen LogP contribution in [-0.2, 0) is 17.8 Å². The van der Waals surface area contributed by atoms with Crippen molar-refractivity contribution in [3.63, 3.8) is 0 Å². The fourth-order valence-corrected chi connectivity index (χ4v) is 5.62. The predicted molar refractivity (Wildman–Crippen MR) is 153 cm³/mol. The van der Waals surface area contributed by atoms with Crippen LogP contribution in [0.4, 0.5) is 11.5 Å². The number of likely N-dealkylation sites (tertiary alicyclic amines) is 2. The zero-order valence-corrected chi connectivity index (χ0v) is 22.6. The number of aromatic nitrogens is 2. The van der Waals surface area contributed by atoms with Gasteiger partial charge in [-0.2, -0.15) is 0 Å². The van der Waals surface area contributed by atoms with Crippen LogP contribution in [0.15, 0.2) is 77.9 Å². The first-order valence-electron chi connectivity index (χ1n) is 14.1. The third-order valence-corrected chi connectivity index (χ3v) is 8.03. The van der Waals surface area contributed by atoms with Crippen molar-refractivity contribution in [1.29, 1.82) is 0 Å². The van der Waals surface area contributed by atoms with E-state index in [9.17, 15) is 14.7 Å². The average molecular weight is 530 g/mol. The van der Waals surface area contributed by atoms with Crippen LogP contribution in [0.1, 0.15) is 37.7 Å². The largest absolute Gasteiger partial charge is 0.388 e. The molecule has 2 aliphatic heterocycles. The summed E-state index contributed by atoms with van der Waals surface area (Å²) in [5.74, 6) is 0.728. The summed E-state index contributed by atoms with van der Waals surface area (Å²) in [6, 6.07) is 21.6. The third-order valence-electron chi connectivity index (χ3n) is 8.03. The van der Waals surface area contributed by atoms with Gasteiger partial charge >= 0.3 is 0 Å². The summed E-state index contributed by atoms with van der Waals surface area (Å²) in [4.78, 5) is 36.9. The fraction of sp³-hybridized carbons (Fsp3) is 0.452. The molecule has 1 N–H and O–H groups in total. The number of aryl methyl sites for hydroxylation is 1. The lowest BCUT2D eigenvalue weighted by Gasteiger charge is -2.38. The molecule has 206 valence electrons. The maximum atomic E-state index is 13.2. The standard InChI is InChI=1S/C31H39N5O3/c37-29(14-13-26-9-3-1-4-10-26)34-19-15-31(39,16-20-34)24-35-25-32-28(23-30(35)38)36(27-11-5-2-6-12-27)22-21-33-17-7-8-18-33/h1-6,9-12,23,25,39H,7-8,13-22,24H2. The number of carbonyl (C=O) groups excluding carboxylic acids is 1. The summed E-state index contributed by atoms with van der Waals surface area (Å²) >= 11 is 0. The van der Waals surface area contributed by atoms with E-state index in [-0.39, 0.29) is 18.0 Å². The van der Waals surface area contributed by atoms with Crippen molar-refractivity contribution >= 4 is 17.4 Å². The van der Waals surface area contributed by atoms with Crippen LogP contribution in [0.25, 0.3) is 0 Å². The second kappa shape index (κ2) is 12.6. The average Bonchev–Trinajstić information content (AvgIpc) is 3.48. The van der Waals surface area contributed by atoms with E-state index in [0.29, 0.717) is 44.6 Å². The lowest BCUT2D eigenvalue weighted by molar-refractivity contribution is -0.135. The van der Waals surface area contributed by atoms with Crippen LogP contribution in [-0.4, -0.2) is 75.2 Å². The zero-order chi connectivity index (χ0) is 27.1. The molecular formula is C31H39N5O3. The Bertz CT molecular complexity index is 1270. The summed E-state index contributed by atoms with van der Waals surface area (Å²) < 4.78 is 1.50. The van der Waals surface area contributed by atoms with Crippen molar-refractivity contribution in [2.75, 3.05) is 44.2 Å². The van der Waals surface area contributed by atoms with Gasteiger partial charge in [-0.05, 0) is 62.9 Å². The van der Waals surface area contributed by atoms with Gasteiger partial charge in [-0.25, -0.2) is 4.98 Å². The number of rotatable bonds is 10. The van der Waals surface area contributed by atoms with Crippen molar-refractivity contribution in [1.82, 2.24) is 19.4 Å². The molecule has 2 fully saturated rings. The van der Waals surface area contributed by atoms with Crippen LogP contribution < -0.4 is 10.5 Å². The number of carbonyl (C=O) groups is 1. The Kier molecular flexibility index (Phi) is 8.74. The Balaban J connectivity index is 1.20. The first-order valence-corrected chi connectivity index (χ1v) is 14.1. The number of hydrogen-bond acceptors (Lipinski definition) is 6. The Hall–Kier alpha value is -3.49. The molecular weight excluding hydrogens is 490 g/mol. The molecule has 2 aliphatic rings. The van der Waals surface area contributed by atoms with Gasteiger partial charge < -0.3 is 19.8 Å². The topological polar surface area (TPSA) is 81.9 Å². The number of piperidine rings is 1. The van der Waals surface area contributed by atoms with E-state index in [1.54, 1.807) is 12.4 Å². The first-order chi connectivity index (χ1) is 19.0. The normalized spacial score (nSPS) is 17.3.